The number of alkyl halides is 3. The molecule has 26 heavy (non-hydrogen) atoms. The summed E-state index contributed by atoms with van der Waals surface area (Å²) in [5, 5.41) is -0.232. The average Bonchev–Trinajstić information content (AvgIpc) is 3.03. The summed E-state index contributed by atoms with van der Waals surface area (Å²) in [6.45, 7) is 0. The van der Waals surface area contributed by atoms with Crippen LogP contribution in [0.15, 0.2) is 46.2 Å². The monoisotopic (exact) mass is 387 g/mol. The second-order valence-corrected chi connectivity index (χ2v) is 7.83. The molecule has 7 nitrogen and oxygen atoms in total. The zero-order valence-corrected chi connectivity index (χ0v) is 14.1. The third-order valence-corrected chi connectivity index (χ3v) is 4.38. The number of fused-ring (bicyclic) bond motifs is 1. The molecule has 0 fully saturated rings. The molecule has 0 atom stereocenters. The maximum atomic E-state index is 13.4. The summed E-state index contributed by atoms with van der Waals surface area (Å²) in [4.78, 5) is 26.6. The van der Waals surface area contributed by atoms with Crippen molar-refractivity contribution in [3.05, 3.63) is 63.1 Å². The van der Waals surface area contributed by atoms with Crippen LogP contribution < -0.4 is 11.2 Å². The van der Waals surface area contributed by atoms with Crippen LogP contribution in [0.5, 0.6) is 0 Å². The topological polar surface area (TPSA) is 93.9 Å². The van der Waals surface area contributed by atoms with Crippen LogP contribution in [-0.2, 0) is 21.9 Å². The van der Waals surface area contributed by atoms with E-state index in [-0.39, 0.29) is 16.6 Å². The minimum atomic E-state index is -4.73. The Balaban J connectivity index is 2.40. The molecule has 138 valence electrons. The molecule has 0 saturated carbocycles. The highest BCUT2D eigenvalue weighted by atomic mass is 32.2. The van der Waals surface area contributed by atoms with Crippen molar-refractivity contribution in [1.29, 1.82) is 0 Å². The van der Waals surface area contributed by atoms with Gasteiger partial charge in [0.05, 0.1) is 22.2 Å². The Morgan fingerprint density at radius 3 is 2.27 bits per heavy atom. The second-order valence-electron chi connectivity index (χ2n) is 5.72. The number of nitrogens with one attached hydrogen (secondary N) is 1. The first kappa shape index (κ1) is 18.0. The van der Waals surface area contributed by atoms with Crippen LogP contribution >= 0.6 is 0 Å². The van der Waals surface area contributed by atoms with Crippen LogP contribution in [0.1, 0.15) is 5.56 Å². The first-order valence-corrected chi connectivity index (χ1v) is 9.22. The smallest absolute Gasteiger partial charge is 0.323 e. The molecule has 0 unspecified atom stereocenters. The molecule has 0 aliphatic carbocycles. The number of H-pyrrole nitrogens is 1. The first-order chi connectivity index (χ1) is 12.0. The molecule has 1 aromatic carbocycles. The van der Waals surface area contributed by atoms with E-state index in [1.54, 1.807) is 0 Å². The Morgan fingerprint density at radius 1 is 1.12 bits per heavy atom. The number of benzene rings is 1. The van der Waals surface area contributed by atoms with Crippen LogP contribution in [0.4, 0.5) is 13.2 Å². The lowest BCUT2D eigenvalue weighted by Gasteiger charge is -2.15. The molecule has 0 saturated heterocycles. The third kappa shape index (κ3) is 3.29. The van der Waals surface area contributed by atoms with E-state index in [0.717, 1.165) is 12.3 Å². The van der Waals surface area contributed by atoms with E-state index >= 15 is 0 Å². The number of nitrogens with zero attached hydrogens (tertiary/aromatic N) is 2. The summed E-state index contributed by atoms with van der Waals surface area (Å²) in [6, 6.07) is 4.67. The lowest BCUT2D eigenvalue weighted by molar-refractivity contribution is -0.137. The lowest BCUT2D eigenvalue weighted by Crippen LogP contribution is -2.37. The maximum absolute atomic E-state index is 13.4. The molecule has 3 rings (SSSR count). The van der Waals surface area contributed by atoms with E-state index < -0.39 is 38.7 Å². The number of hydrogen-bond acceptors (Lipinski definition) is 4. The van der Waals surface area contributed by atoms with Crippen molar-refractivity contribution in [1.82, 2.24) is 14.1 Å². The molecule has 1 N–H and O–H groups in total. The van der Waals surface area contributed by atoms with E-state index in [9.17, 15) is 31.2 Å². The van der Waals surface area contributed by atoms with Gasteiger partial charge >= 0.3 is 11.9 Å². The van der Waals surface area contributed by atoms with Gasteiger partial charge in [-0.15, -0.1) is 0 Å². The second kappa shape index (κ2) is 5.87. The Labute approximate surface area is 144 Å². The molecule has 0 amide bonds. The van der Waals surface area contributed by atoms with E-state index in [1.165, 1.54) is 29.1 Å². The van der Waals surface area contributed by atoms with Gasteiger partial charge in [-0.3, -0.25) is 4.79 Å². The summed E-state index contributed by atoms with van der Waals surface area (Å²) < 4.78 is 64.6. The van der Waals surface area contributed by atoms with Crippen LogP contribution in [0.2, 0.25) is 0 Å². The highest BCUT2D eigenvalue weighted by Crippen LogP contribution is 2.35. The van der Waals surface area contributed by atoms with Crippen molar-refractivity contribution in [2.45, 2.75) is 12.1 Å². The standard InChI is InChI=1S/C15H12F3N3O4S/c1-26(24,25)8-21-13(22)9-6-12(20-4-2-3-5-20)10(15(16,17)18)7-11(9)19-14(21)23/h2-7H,8H2,1H3,(H,19,23). The molecule has 0 aliphatic heterocycles. The zero-order valence-electron chi connectivity index (χ0n) is 13.2. The van der Waals surface area contributed by atoms with Crippen LogP contribution in [0, 0.1) is 0 Å². The van der Waals surface area contributed by atoms with Crippen molar-refractivity contribution < 1.29 is 21.6 Å². The van der Waals surface area contributed by atoms with Gasteiger partial charge in [-0.25, -0.2) is 17.8 Å². The molecule has 0 spiro atoms. The van der Waals surface area contributed by atoms with E-state index in [0.29, 0.717) is 10.6 Å². The fraction of sp³-hybridized carbons (Fsp3) is 0.200. The number of sulfone groups is 1. The Hall–Kier alpha value is -2.82. The predicted molar refractivity (Wildman–Crippen MR) is 88.0 cm³/mol. The van der Waals surface area contributed by atoms with Gasteiger partial charge in [0.1, 0.15) is 5.88 Å². The minimum Gasteiger partial charge on any atom is -0.323 e. The summed E-state index contributed by atoms with van der Waals surface area (Å²) in [5.74, 6) is -0.878. The van der Waals surface area contributed by atoms with Crippen LogP contribution in [-0.4, -0.2) is 28.8 Å². The van der Waals surface area contributed by atoms with E-state index in [2.05, 4.69) is 4.98 Å². The van der Waals surface area contributed by atoms with Crippen molar-refractivity contribution in [2.75, 3.05) is 6.26 Å². The highest BCUT2D eigenvalue weighted by molar-refractivity contribution is 7.89. The SMILES string of the molecule is CS(=O)(=O)Cn1c(=O)[nH]c2cc(C(F)(F)F)c(-n3cccc3)cc2c1=O. The third-order valence-electron chi connectivity index (χ3n) is 3.65. The van der Waals surface area contributed by atoms with Gasteiger partial charge in [0.25, 0.3) is 5.56 Å². The molecule has 0 aliphatic rings. The van der Waals surface area contributed by atoms with Gasteiger partial charge < -0.3 is 9.55 Å². The predicted octanol–water partition coefficient (Wildman–Crippen LogP) is 1.50. The fourth-order valence-electron chi connectivity index (χ4n) is 2.58. The van der Waals surface area contributed by atoms with Crippen molar-refractivity contribution in [3.8, 4) is 5.69 Å². The number of rotatable bonds is 3. The molecular weight excluding hydrogens is 375 g/mol. The quantitative estimate of drug-likeness (QED) is 0.737. The Morgan fingerprint density at radius 2 is 1.73 bits per heavy atom. The van der Waals surface area contributed by atoms with Gasteiger partial charge in [0, 0.05) is 18.6 Å². The molecular formula is C15H12F3N3O4S. The van der Waals surface area contributed by atoms with Gasteiger partial charge in [-0.05, 0) is 24.3 Å². The van der Waals surface area contributed by atoms with Gasteiger partial charge in [0.15, 0.2) is 9.84 Å². The lowest BCUT2D eigenvalue weighted by atomic mass is 10.1. The van der Waals surface area contributed by atoms with Crippen molar-refractivity contribution in [2.24, 2.45) is 0 Å². The zero-order chi connectivity index (χ0) is 19.3. The number of hydrogen-bond donors (Lipinski definition) is 1. The van der Waals surface area contributed by atoms with Gasteiger partial charge in [-0.1, -0.05) is 0 Å². The minimum absolute atomic E-state index is 0.232. The van der Waals surface area contributed by atoms with Gasteiger partial charge in [0.2, 0.25) is 0 Å². The Bertz CT molecular complexity index is 1210. The summed E-state index contributed by atoms with van der Waals surface area (Å²) in [5.41, 5.74) is -3.78. The fourth-order valence-corrected chi connectivity index (χ4v) is 3.28. The van der Waals surface area contributed by atoms with E-state index in [1.807, 2.05) is 0 Å². The molecule has 3 aromatic rings. The number of halogens is 3. The molecule has 0 bridgehead atoms. The summed E-state index contributed by atoms with van der Waals surface area (Å²) in [7, 11) is -3.72. The van der Waals surface area contributed by atoms with Crippen LogP contribution in [0.3, 0.4) is 0 Å². The summed E-state index contributed by atoms with van der Waals surface area (Å²) >= 11 is 0. The largest absolute Gasteiger partial charge is 0.418 e. The van der Waals surface area contributed by atoms with Gasteiger partial charge in [-0.2, -0.15) is 13.2 Å². The Kier molecular flexibility index (Phi) is 4.06. The molecule has 11 heteroatoms. The highest BCUT2D eigenvalue weighted by Gasteiger charge is 2.35. The number of aromatic amines is 1. The molecule has 2 heterocycles. The maximum Gasteiger partial charge on any atom is 0.418 e. The first-order valence-electron chi connectivity index (χ1n) is 7.16. The average molecular weight is 387 g/mol. The summed E-state index contributed by atoms with van der Waals surface area (Å²) in [6.07, 6.45) is -1.15. The van der Waals surface area contributed by atoms with Crippen LogP contribution in [0.25, 0.3) is 16.6 Å². The van der Waals surface area contributed by atoms with Crippen molar-refractivity contribution in [3.63, 3.8) is 0 Å². The number of aromatic nitrogens is 3. The van der Waals surface area contributed by atoms with Crippen molar-refractivity contribution >= 4 is 20.7 Å². The molecule has 0 radical (unpaired) electrons. The molecule has 2 aromatic heterocycles. The van der Waals surface area contributed by atoms with E-state index in [4.69, 9.17) is 0 Å². The normalized spacial score (nSPS) is 12.6.